The van der Waals surface area contributed by atoms with Crippen LogP contribution in [0.15, 0.2) is 113 Å². The van der Waals surface area contributed by atoms with Crippen LogP contribution in [0.5, 0.6) is 5.75 Å². The Kier molecular flexibility index (Phi) is 8.38. The third-order valence-electron chi connectivity index (χ3n) is 5.74. The second-order valence-electron chi connectivity index (χ2n) is 8.52. The van der Waals surface area contributed by atoms with Crippen LogP contribution in [-0.4, -0.2) is 27.4 Å². The molecule has 5 aromatic rings. The lowest BCUT2D eigenvalue weighted by Crippen LogP contribution is -2.20. The number of carbonyl (C=O) groups excluding carboxylic acids is 1. The number of hydrogen-bond donors (Lipinski definition) is 1. The summed E-state index contributed by atoms with van der Waals surface area (Å²) in [6.07, 6.45) is 1.61. The van der Waals surface area contributed by atoms with Gasteiger partial charge >= 0.3 is 0 Å². The van der Waals surface area contributed by atoms with Crippen LogP contribution in [0.4, 0.5) is 0 Å². The molecule has 1 aromatic heterocycles. The fourth-order valence-corrected chi connectivity index (χ4v) is 4.75. The zero-order valence-electron chi connectivity index (χ0n) is 20.5. The highest BCUT2D eigenvalue weighted by molar-refractivity contribution is 7.99. The van der Waals surface area contributed by atoms with Crippen LogP contribution in [0.1, 0.15) is 16.7 Å². The molecule has 0 saturated carbocycles. The third kappa shape index (κ3) is 6.82. The van der Waals surface area contributed by atoms with Gasteiger partial charge in [0, 0.05) is 5.02 Å². The second kappa shape index (κ2) is 12.4. The van der Waals surface area contributed by atoms with E-state index in [1.165, 1.54) is 11.8 Å². The number of rotatable bonds is 10. The molecular weight excluding hydrogens is 516 g/mol. The molecular formula is C30H25ClN4O2S. The first kappa shape index (κ1) is 25.6. The van der Waals surface area contributed by atoms with Crippen molar-refractivity contribution in [3.63, 3.8) is 0 Å². The largest absolute Gasteiger partial charge is 0.489 e. The van der Waals surface area contributed by atoms with Gasteiger partial charge in [-0.1, -0.05) is 78.0 Å². The Balaban J connectivity index is 1.15. The van der Waals surface area contributed by atoms with Gasteiger partial charge in [0.1, 0.15) is 12.4 Å². The predicted molar refractivity (Wildman–Crippen MR) is 154 cm³/mol. The van der Waals surface area contributed by atoms with Crippen molar-refractivity contribution in [3.05, 3.63) is 125 Å². The summed E-state index contributed by atoms with van der Waals surface area (Å²) in [4.78, 5) is 17.2. The van der Waals surface area contributed by atoms with Gasteiger partial charge < -0.3 is 9.30 Å². The molecule has 0 aliphatic rings. The van der Waals surface area contributed by atoms with E-state index in [1.807, 2.05) is 103 Å². The molecule has 0 unspecified atom stereocenters. The van der Waals surface area contributed by atoms with Gasteiger partial charge in [-0.25, -0.2) is 10.4 Å². The van der Waals surface area contributed by atoms with Crippen molar-refractivity contribution in [2.45, 2.75) is 18.3 Å². The van der Waals surface area contributed by atoms with Gasteiger partial charge in [-0.3, -0.25) is 4.79 Å². The number of para-hydroxylation sites is 2. The van der Waals surface area contributed by atoms with Crippen molar-refractivity contribution >= 4 is 46.5 Å². The quantitative estimate of drug-likeness (QED) is 0.124. The molecule has 6 nitrogen and oxygen atoms in total. The highest BCUT2D eigenvalue weighted by Crippen LogP contribution is 2.25. The number of imidazole rings is 1. The van der Waals surface area contributed by atoms with Gasteiger partial charge in [-0.15, -0.1) is 0 Å². The standard InChI is InChI=1S/C30H25ClN4O2S/c31-25-14-10-23(11-15-25)19-35-28-9-5-4-8-27(28)33-30(35)38-21-29(36)34-32-18-22-12-16-26(17-13-22)37-20-24-6-2-1-3-7-24/h1-18H,19-21H2,(H,34,36)/b32-18+. The highest BCUT2D eigenvalue weighted by Gasteiger charge is 2.13. The van der Waals surface area contributed by atoms with Crippen LogP contribution in [0, 0.1) is 0 Å². The van der Waals surface area contributed by atoms with E-state index >= 15 is 0 Å². The number of amides is 1. The number of hydrogen-bond acceptors (Lipinski definition) is 5. The molecule has 5 rings (SSSR count). The molecule has 0 atom stereocenters. The van der Waals surface area contributed by atoms with E-state index in [4.69, 9.17) is 21.3 Å². The molecule has 38 heavy (non-hydrogen) atoms. The van der Waals surface area contributed by atoms with Crippen LogP contribution in [0.25, 0.3) is 11.0 Å². The summed E-state index contributed by atoms with van der Waals surface area (Å²) in [7, 11) is 0. The molecule has 8 heteroatoms. The van der Waals surface area contributed by atoms with Gasteiger partial charge in [0.25, 0.3) is 5.91 Å². The Morgan fingerprint density at radius 1 is 0.921 bits per heavy atom. The monoisotopic (exact) mass is 540 g/mol. The molecule has 1 heterocycles. The van der Waals surface area contributed by atoms with Crippen LogP contribution < -0.4 is 10.2 Å². The van der Waals surface area contributed by atoms with Crippen molar-refractivity contribution in [1.29, 1.82) is 0 Å². The molecule has 0 saturated heterocycles. The Labute approximate surface area is 230 Å². The normalized spacial score (nSPS) is 11.2. The third-order valence-corrected chi connectivity index (χ3v) is 6.97. The first-order chi connectivity index (χ1) is 18.6. The smallest absolute Gasteiger partial charge is 0.250 e. The van der Waals surface area contributed by atoms with Gasteiger partial charge in [-0.2, -0.15) is 5.10 Å². The van der Waals surface area contributed by atoms with Crippen molar-refractivity contribution in [3.8, 4) is 5.75 Å². The summed E-state index contributed by atoms with van der Waals surface area (Å²) in [5, 5.41) is 5.57. The summed E-state index contributed by atoms with van der Waals surface area (Å²) in [6.45, 7) is 1.14. The Morgan fingerprint density at radius 2 is 1.66 bits per heavy atom. The summed E-state index contributed by atoms with van der Waals surface area (Å²) in [6, 6.07) is 33.2. The number of benzene rings is 4. The molecule has 0 bridgehead atoms. The molecule has 190 valence electrons. The minimum absolute atomic E-state index is 0.188. The number of thioether (sulfide) groups is 1. The van der Waals surface area contributed by atoms with Gasteiger partial charge in [-0.05, 0) is 65.2 Å². The maximum absolute atomic E-state index is 12.5. The Morgan fingerprint density at radius 3 is 2.45 bits per heavy atom. The van der Waals surface area contributed by atoms with Gasteiger partial charge in [0.2, 0.25) is 0 Å². The fraction of sp³-hybridized carbons (Fsp3) is 0.100. The Bertz CT molecular complexity index is 1530. The molecule has 0 fully saturated rings. The number of aromatic nitrogens is 2. The lowest BCUT2D eigenvalue weighted by Gasteiger charge is -2.09. The molecule has 0 spiro atoms. The summed E-state index contributed by atoms with van der Waals surface area (Å²) < 4.78 is 7.92. The number of hydrazone groups is 1. The van der Waals surface area contributed by atoms with E-state index in [-0.39, 0.29) is 11.7 Å². The van der Waals surface area contributed by atoms with Crippen molar-refractivity contribution in [1.82, 2.24) is 15.0 Å². The average Bonchev–Trinajstić information content (AvgIpc) is 3.30. The maximum Gasteiger partial charge on any atom is 0.250 e. The zero-order chi connectivity index (χ0) is 26.2. The van der Waals surface area contributed by atoms with Gasteiger partial charge in [0.05, 0.1) is 29.5 Å². The summed E-state index contributed by atoms with van der Waals surface area (Å²) >= 11 is 7.42. The minimum Gasteiger partial charge on any atom is -0.489 e. The van der Waals surface area contributed by atoms with E-state index in [9.17, 15) is 4.79 Å². The molecule has 0 aliphatic heterocycles. The first-order valence-electron chi connectivity index (χ1n) is 12.1. The number of ether oxygens (including phenoxy) is 1. The van der Waals surface area contributed by atoms with E-state index in [0.29, 0.717) is 18.2 Å². The lowest BCUT2D eigenvalue weighted by atomic mass is 10.2. The van der Waals surface area contributed by atoms with E-state index in [0.717, 1.165) is 38.6 Å². The number of carbonyl (C=O) groups is 1. The SMILES string of the molecule is O=C(CSc1nc2ccccc2n1Cc1ccc(Cl)cc1)N/N=C/c1ccc(OCc2ccccc2)cc1. The second-order valence-corrected chi connectivity index (χ2v) is 9.90. The number of nitrogens with one attached hydrogen (secondary N) is 1. The fourth-order valence-electron chi connectivity index (χ4n) is 3.82. The molecule has 0 radical (unpaired) electrons. The van der Waals surface area contributed by atoms with Crippen LogP contribution in [-0.2, 0) is 17.9 Å². The Hall–Kier alpha value is -4.07. The summed E-state index contributed by atoms with van der Waals surface area (Å²) in [5.74, 6) is 0.750. The number of nitrogens with zero attached hydrogens (tertiary/aromatic N) is 3. The maximum atomic E-state index is 12.5. The van der Waals surface area contributed by atoms with Crippen LogP contribution >= 0.6 is 23.4 Å². The number of halogens is 1. The van der Waals surface area contributed by atoms with Crippen molar-refractivity contribution < 1.29 is 9.53 Å². The minimum atomic E-state index is -0.209. The van der Waals surface area contributed by atoms with Crippen molar-refractivity contribution in [2.24, 2.45) is 5.10 Å². The van der Waals surface area contributed by atoms with E-state index in [1.54, 1.807) is 6.21 Å². The predicted octanol–water partition coefficient (Wildman–Crippen LogP) is 6.56. The van der Waals surface area contributed by atoms with E-state index < -0.39 is 0 Å². The summed E-state index contributed by atoms with van der Waals surface area (Å²) in [5.41, 5.74) is 7.57. The molecule has 4 aromatic carbocycles. The molecule has 1 amide bonds. The van der Waals surface area contributed by atoms with Crippen LogP contribution in [0.3, 0.4) is 0 Å². The number of fused-ring (bicyclic) bond motifs is 1. The van der Waals surface area contributed by atoms with E-state index in [2.05, 4.69) is 15.1 Å². The molecule has 1 N–H and O–H groups in total. The topological polar surface area (TPSA) is 68.5 Å². The first-order valence-corrected chi connectivity index (χ1v) is 13.4. The lowest BCUT2D eigenvalue weighted by molar-refractivity contribution is -0.118. The van der Waals surface area contributed by atoms with Crippen molar-refractivity contribution in [2.75, 3.05) is 5.75 Å². The van der Waals surface area contributed by atoms with Gasteiger partial charge in [0.15, 0.2) is 5.16 Å². The highest BCUT2D eigenvalue weighted by atomic mass is 35.5. The average molecular weight is 541 g/mol. The molecule has 0 aliphatic carbocycles. The zero-order valence-corrected chi connectivity index (χ0v) is 22.0. The van der Waals surface area contributed by atoms with Crippen LogP contribution in [0.2, 0.25) is 5.02 Å².